The molecule has 2 aromatic carbocycles. The summed E-state index contributed by atoms with van der Waals surface area (Å²) < 4.78 is 0.797. The highest BCUT2D eigenvalue weighted by molar-refractivity contribution is 9.10. The summed E-state index contributed by atoms with van der Waals surface area (Å²) in [4.78, 5) is 11.1. The van der Waals surface area contributed by atoms with Crippen molar-refractivity contribution in [2.45, 2.75) is 6.54 Å². The number of hydrogen-bond donors (Lipinski definition) is 2. The van der Waals surface area contributed by atoms with E-state index in [1.165, 1.54) is 0 Å². The minimum Gasteiger partial charge on any atom is -0.478 e. The van der Waals surface area contributed by atoms with Gasteiger partial charge in [0, 0.05) is 16.7 Å². The second-order valence-electron chi connectivity index (χ2n) is 3.94. The molecule has 0 spiro atoms. The van der Waals surface area contributed by atoms with Crippen molar-refractivity contribution in [3.63, 3.8) is 0 Å². The van der Waals surface area contributed by atoms with Gasteiger partial charge in [0.1, 0.15) is 0 Å². The highest BCUT2D eigenvalue weighted by Gasteiger charge is 2.08. The molecule has 0 unspecified atom stereocenters. The third-order valence-electron chi connectivity index (χ3n) is 2.65. The van der Waals surface area contributed by atoms with Crippen LogP contribution in [0.3, 0.4) is 0 Å². The van der Waals surface area contributed by atoms with Crippen LogP contribution >= 0.6 is 27.5 Å². The molecule has 0 heterocycles. The van der Waals surface area contributed by atoms with Gasteiger partial charge in [0.15, 0.2) is 0 Å². The Kier molecular flexibility index (Phi) is 4.45. The standard InChI is InChI=1S/C14H11BrClNO2/c15-12-7-10(5-6-13(12)16)17-8-9-3-1-2-4-11(9)14(18)19/h1-7,17H,8H2,(H,18,19). The molecule has 0 atom stereocenters. The summed E-state index contributed by atoms with van der Waals surface area (Å²) in [6.45, 7) is 0.441. The second-order valence-corrected chi connectivity index (χ2v) is 5.21. The fourth-order valence-corrected chi connectivity index (χ4v) is 2.18. The summed E-state index contributed by atoms with van der Waals surface area (Å²) in [6.07, 6.45) is 0. The van der Waals surface area contributed by atoms with Crippen LogP contribution in [-0.2, 0) is 6.54 Å². The summed E-state index contributed by atoms with van der Waals surface area (Å²) >= 11 is 9.26. The van der Waals surface area contributed by atoms with Gasteiger partial charge >= 0.3 is 5.97 Å². The lowest BCUT2D eigenvalue weighted by atomic mass is 10.1. The van der Waals surface area contributed by atoms with Crippen molar-refractivity contribution < 1.29 is 9.90 Å². The number of halogens is 2. The van der Waals surface area contributed by atoms with Crippen LogP contribution in [0.2, 0.25) is 5.02 Å². The predicted octanol–water partition coefficient (Wildman–Crippen LogP) is 4.41. The highest BCUT2D eigenvalue weighted by Crippen LogP contribution is 2.26. The molecule has 2 aromatic rings. The van der Waals surface area contributed by atoms with E-state index >= 15 is 0 Å². The van der Waals surface area contributed by atoms with Gasteiger partial charge in [-0.15, -0.1) is 0 Å². The molecular formula is C14H11BrClNO2. The predicted molar refractivity (Wildman–Crippen MR) is 79.9 cm³/mol. The van der Waals surface area contributed by atoms with Crippen LogP contribution < -0.4 is 5.32 Å². The molecule has 3 nitrogen and oxygen atoms in total. The number of aromatic carboxylic acids is 1. The third kappa shape index (κ3) is 3.49. The number of carbonyl (C=O) groups is 1. The Labute approximate surface area is 124 Å². The van der Waals surface area contributed by atoms with Crippen LogP contribution in [0, 0.1) is 0 Å². The molecule has 0 aliphatic heterocycles. The zero-order chi connectivity index (χ0) is 13.8. The normalized spacial score (nSPS) is 10.2. The molecule has 2 rings (SSSR count). The molecule has 0 radical (unpaired) electrons. The van der Waals surface area contributed by atoms with Crippen molar-refractivity contribution in [2.75, 3.05) is 5.32 Å². The van der Waals surface area contributed by atoms with Crippen molar-refractivity contribution in [3.8, 4) is 0 Å². The van der Waals surface area contributed by atoms with Crippen LogP contribution in [0.25, 0.3) is 0 Å². The Hall–Kier alpha value is -1.52. The van der Waals surface area contributed by atoms with Crippen molar-refractivity contribution in [1.29, 1.82) is 0 Å². The zero-order valence-electron chi connectivity index (χ0n) is 9.86. The lowest BCUT2D eigenvalue weighted by molar-refractivity contribution is 0.0696. The fourth-order valence-electron chi connectivity index (χ4n) is 1.69. The van der Waals surface area contributed by atoms with Crippen LogP contribution in [0.1, 0.15) is 15.9 Å². The Balaban J connectivity index is 2.14. The lowest BCUT2D eigenvalue weighted by Gasteiger charge is -2.09. The lowest BCUT2D eigenvalue weighted by Crippen LogP contribution is -2.07. The van der Waals surface area contributed by atoms with Crippen molar-refractivity contribution in [1.82, 2.24) is 0 Å². The summed E-state index contributed by atoms with van der Waals surface area (Å²) in [5, 5.41) is 12.9. The van der Waals surface area contributed by atoms with E-state index in [9.17, 15) is 4.79 Å². The average molecular weight is 341 g/mol. The Morgan fingerprint density at radius 3 is 2.68 bits per heavy atom. The molecular weight excluding hydrogens is 330 g/mol. The van der Waals surface area contributed by atoms with E-state index in [0.29, 0.717) is 17.1 Å². The molecule has 0 saturated carbocycles. The molecule has 0 aromatic heterocycles. The first-order valence-corrected chi connectivity index (χ1v) is 6.75. The average Bonchev–Trinajstić information content (AvgIpc) is 2.40. The van der Waals surface area contributed by atoms with Crippen LogP contribution in [0.4, 0.5) is 5.69 Å². The van der Waals surface area contributed by atoms with Gasteiger partial charge in [-0.25, -0.2) is 4.79 Å². The third-order valence-corrected chi connectivity index (χ3v) is 3.86. The van der Waals surface area contributed by atoms with Gasteiger partial charge in [-0.1, -0.05) is 29.8 Å². The number of anilines is 1. The Bertz CT molecular complexity index is 616. The van der Waals surface area contributed by atoms with Gasteiger partial charge in [0.25, 0.3) is 0 Å². The van der Waals surface area contributed by atoms with E-state index in [0.717, 1.165) is 15.7 Å². The number of hydrogen-bond acceptors (Lipinski definition) is 2. The first kappa shape index (κ1) is 13.9. The van der Waals surface area contributed by atoms with Gasteiger partial charge in [0.2, 0.25) is 0 Å². The molecule has 0 bridgehead atoms. The zero-order valence-corrected chi connectivity index (χ0v) is 12.2. The molecule has 0 aliphatic carbocycles. The highest BCUT2D eigenvalue weighted by atomic mass is 79.9. The van der Waals surface area contributed by atoms with Gasteiger partial charge in [-0.2, -0.15) is 0 Å². The van der Waals surface area contributed by atoms with E-state index in [4.69, 9.17) is 16.7 Å². The molecule has 19 heavy (non-hydrogen) atoms. The van der Waals surface area contributed by atoms with E-state index < -0.39 is 5.97 Å². The number of rotatable bonds is 4. The van der Waals surface area contributed by atoms with Gasteiger partial charge in [-0.05, 0) is 45.8 Å². The SMILES string of the molecule is O=C(O)c1ccccc1CNc1ccc(Cl)c(Br)c1. The quantitative estimate of drug-likeness (QED) is 0.866. The molecule has 98 valence electrons. The van der Waals surface area contributed by atoms with Crippen molar-refractivity contribution in [2.24, 2.45) is 0 Å². The summed E-state index contributed by atoms with van der Waals surface area (Å²) in [5.74, 6) is -0.922. The molecule has 0 aliphatic rings. The summed E-state index contributed by atoms with van der Waals surface area (Å²) in [6, 6.07) is 12.4. The van der Waals surface area contributed by atoms with E-state index in [1.807, 2.05) is 18.2 Å². The fraction of sp³-hybridized carbons (Fsp3) is 0.0714. The number of nitrogens with one attached hydrogen (secondary N) is 1. The Morgan fingerprint density at radius 2 is 2.00 bits per heavy atom. The maximum Gasteiger partial charge on any atom is 0.336 e. The number of carboxylic acid groups (broad SMARTS) is 1. The smallest absolute Gasteiger partial charge is 0.336 e. The van der Waals surface area contributed by atoms with E-state index in [1.54, 1.807) is 24.3 Å². The maximum absolute atomic E-state index is 11.1. The van der Waals surface area contributed by atoms with Gasteiger partial charge in [-0.3, -0.25) is 0 Å². The monoisotopic (exact) mass is 339 g/mol. The van der Waals surface area contributed by atoms with E-state index in [-0.39, 0.29) is 0 Å². The molecule has 0 saturated heterocycles. The number of carboxylic acids is 1. The minimum absolute atomic E-state index is 0.308. The molecule has 5 heteroatoms. The molecule has 2 N–H and O–H groups in total. The summed E-state index contributed by atoms with van der Waals surface area (Å²) in [5.41, 5.74) is 1.92. The topological polar surface area (TPSA) is 49.3 Å². The van der Waals surface area contributed by atoms with Crippen molar-refractivity contribution >= 4 is 39.2 Å². The van der Waals surface area contributed by atoms with Crippen LogP contribution in [0.5, 0.6) is 0 Å². The summed E-state index contributed by atoms with van der Waals surface area (Å²) in [7, 11) is 0. The second kappa shape index (κ2) is 6.08. The Morgan fingerprint density at radius 1 is 1.26 bits per heavy atom. The van der Waals surface area contributed by atoms with Gasteiger partial charge < -0.3 is 10.4 Å². The van der Waals surface area contributed by atoms with Crippen LogP contribution in [-0.4, -0.2) is 11.1 Å². The largest absolute Gasteiger partial charge is 0.478 e. The first-order chi connectivity index (χ1) is 9.08. The maximum atomic E-state index is 11.1. The molecule has 0 fully saturated rings. The number of benzene rings is 2. The first-order valence-electron chi connectivity index (χ1n) is 5.58. The molecule has 0 amide bonds. The van der Waals surface area contributed by atoms with Crippen LogP contribution in [0.15, 0.2) is 46.9 Å². The van der Waals surface area contributed by atoms with Crippen molar-refractivity contribution in [3.05, 3.63) is 63.1 Å². The van der Waals surface area contributed by atoms with E-state index in [2.05, 4.69) is 21.2 Å². The minimum atomic E-state index is -0.922. The van der Waals surface area contributed by atoms with Gasteiger partial charge in [0.05, 0.1) is 10.6 Å².